The molecule has 2 N–H and O–H groups in total. The first kappa shape index (κ1) is 16.8. The number of carbonyl (C=O) groups is 1. The Kier molecular flexibility index (Phi) is 6.94. The van der Waals surface area contributed by atoms with Gasteiger partial charge in [-0.05, 0) is 36.2 Å². The van der Waals surface area contributed by atoms with Gasteiger partial charge in [-0.25, -0.2) is 4.79 Å². The van der Waals surface area contributed by atoms with Crippen LogP contribution in [0, 0.1) is 0 Å². The second-order valence-corrected chi connectivity index (χ2v) is 5.03. The van der Waals surface area contributed by atoms with Crippen molar-refractivity contribution in [2.75, 3.05) is 25.6 Å². The highest BCUT2D eigenvalue weighted by Crippen LogP contribution is 2.17. The van der Waals surface area contributed by atoms with Crippen molar-refractivity contribution in [3.8, 4) is 5.75 Å². The molecule has 0 aliphatic carbocycles. The van der Waals surface area contributed by atoms with Crippen LogP contribution in [0.5, 0.6) is 5.75 Å². The summed E-state index contributed by atoms with van der Waals surface area (Å²) in [6.45, 7) is 1.74. The van der Waals surface area contributed by atoms with E-state index >= 15 is 0 Å². The quantitative estimate of drug-likeness (QED) is 0.734. The molecule has 23 heavy (non-hydrogen) atoms. The van der Waals surface area contributed by atoms with E-state index < -0.39 is 0 Å². The van der Waals surface area contributed by atoms with Gasteiger partial charge in [-0.15, -0.1) is 0 Å². The monoisotopic (exact) mass is 314 g/mol. The predicted octanol–water partition coefficient (Wildman–Crippen LogP) is 3.42. The average molecular weight is 314 g/mol. The highest BCUT2D eigenvalue weighted by atomic mass is 16.5. The Balaban J connectivity index is 1.74. The van der Waals surface area contributed by atoms with E-state index in [2.05, 4.69) is 10.6 Å². The summed E-state index contributed by atoms with van der Waals surface area (Å²) in [4.78, 5) is 11.7. The fraction of sp³-hybridized carbons (Fsp3) is 0.278. The van der Waals surface area contributed by atoms with E-state index in [1.165, 1.54) is 0 Å². The van der Waals surface area contributed by atoms with E-state index in [0.717, 1.165) is 23.4 Å². The number of carbonyl (C=O) groups excluding carboxylic acids is 1. The summed E-state index contributed by atoms with van der Waals surface area (Å²) in [5.74, 6) is 0.764. The second-order valence-electron chi connectivity index (χ2n) is 5.03. The summed E-state index contributed by atoms with van der Waals surface area (Å²) in [5, 5.41) is 5.54. The van der Waals surface area contributed by atoms with Crippen LogP contribution < -0.4 is 15.4 Å². The maximum atomic E-state index is 11.7. The zero-order chi connectivity index (χ0) is 16.3. The SMILES string of the molecule is COCCCNC(=O)Nc1ccc(OCc2ccccc2)cc1. The Morgan fingerprint density at radius 1 is 1.04 bits per heavy atom. The molecule has 2 rings (SSSR count). The molecule has 0 saturated heterocycles. The molecule has 0 spiro atoms. The lowest BCUT2D eigenvalue weighted by molar-refractivity contribution is 0.194. The molecule has 0 fully saturated rings. The molecule has 0 aliphatic rings. The summed E-state index contributed by atoms with van der Waals surface area (Å²) in [5.41, 5.74) is 1.84. The Hall–Kier alpha value is -2.53. The van der Waals surface area contributed by atoms with Gasteiger partial charge in [0, 0.05) is 25.9 Å². The fourth-order valence-corrected chi connectivity index (χ4v) is 1.97. The van der Waals surface area contributed by atoms with Crippen molar-refractivity contribution in [1.82, 2.24) is 5.32 Å². The molecule has 0 heterocycles. The molecule has 0 aromatic heterocycles. The molecule has 2 aromatic rings. The minimum atomic E-state index is -0.223. The number of urea groups is 1. The summed E-state index contributed by atoms with van der Waals surface area (Å²) < 4.78 is 10.6. The third kappa shape index (κ3) is 6.40. The van der Waals surface area contributed by atoms with Crippen molar-refractivity contribution in [1.29, 1.82) is 0 Å². The summed E-state index contributed by atoms with van der Waals surface area (Å²) in [7, 11) is 1.64. The topological polar surface area (TPSA) is 59.6 Å². The van der Waals surface area contributed by atoms with Crippen LogP contribution >= 0.6 is 0 Å². The van der Waals surface area contributed by atoms with Gasteiger partial charge >= 0.3 is 6.03 Å². The number of hydrogen-bond acceptors (Lipinski definition) is 3. The van der Waals surface area contributed by atoms with E-state index in [1.54, 1.807) is 7.11 Å². The molecule has 0 bridgehead atoms. The lowest BCUT2D eigenvalue weighted by Crippen LogP contribution is -2.29. The zero-order valence-corrected chi connectivity index (χ0v) is 13.2. The Labute approximate surface area is 136 Å². The van der Waals surface area contributed by atoms with Crippen molar-refractivity contribution in [3.63, 3.8) is 0 Å². The number of anilines is 1. The van der Waals surface area contributed by atoms with E-state index in [0.29, 0.717) is 19.8 Å². The number of benzene rings is 2. The number of hydrogen-bond donors (Lipinski definition) is 2. The highest BCUT2D eigenvalue weighted by molar-refractivity contribution is 5.89. The van der Waals surface area contributed by atoms with E-state index in [1.807, 2.05) is 54.6 Å². The molecule has 0 aliphatic heterocycles. The van der Waals surface area contributed by atoms with Crippen LogP contribution in [0.1, 0.15) is 12.0 Å². The largest absolute Gasteiger partial charge is 0.489 e. The first-order valence-electron chi connectivity index (χ1n) is 7.58. The summed E-state index contributed by atoms with van der Waals surface area (Å²) >= 11 is 0. The van der Waals surface area contributed by atoms with Gasteiger partial charge in [0.1, 0.15) is 12.4 Å². The van der Waals surface area contributed by atoms with Gasteiger partial charge in [-0.2, -0.15) is 0 Å². The minimum absolute atomic E-state index is 0.223. The Morgan fingerprint density at radius 2 is 1.78 bits per heavy atom. The number of nitrogens with one attached hydrogen (secondary N) is 2. The molecular formula is C18H22N2O3. The first-order valence-corrected chi connectivity index (χ1v) is 7.58. The van der Waals surface area contributed by atoms with Gasteiger partial charge in [0.05, 0.1) is 0 Å². The van der Waals surface area contributed by atoms with Gasteiger partial charge in [-0.3, -0.25) is 0 Å². The second kappa shape index (κ2) is 9.48. The molecule has 0 saturated carbocycles. The number of amides is 2. The molecule has 5 nitrogen and oxygen atoms in total. The minimum Gasteiger partial charge on any atom is -0.489 e. The van der Waals surface area contributed by atoms with Crippen molar-refractivity contribution in [2.45, 2.75) is 13.0 Å². The molecule has 122 valence electrons. The Morgan fingerprint density at radius 3 is 2.48 bits per heavy atom. The zero-order valence-electron chi connectivity index (χ0n) is 13.2. The van der Waals surface area contributed by atoms with Gasteiger partial charge < -0.3 is 20.1 Å². The molecule has 0 atom stereocenters. The van der Waals surface area contributed by atoms with Gasteiger partial charge in [-0.1, -0.05) is 30.3 Å². The highest BCUT2D eigenvalue weighted by Gasteiger charge is 2.01. The maximum absolute atomic E-state index is 11.7. The van der Waals surface area contributed by atoms with Gasteiger partial charge in [0.15, 0.2) is 0 Å². The van der Waals surface area contributed by atoms with Crippen LogP contribution in [0.15, 0.2) is 54.6 Å². The van der Waals surface area contributed by atoms with Crippen LogP contribution in [-0.4, -0.2) is 26.3 Å². The van der Waals surface area contributed by atoms with Crippen LogP contribution in [-0.2, 0) is 11.3 Å². The van der Waals surface area contributed by atoms with Crippen LogP contribution in [0.2, 0.25) is 0 Å². The molecule has 2 amide bonds. The summed E-state index contributed by atoms with van der Waals surface area (Å²) in [6, 6.07) is 17.1. The van der Waals surface area contributed by atoms with Crippen molar-refractivity contribution < 1.29 is 14.3 Å². The van der Waals surface area contributed by atoms with Crippen molar-refractivity contribution in [3.05, 3.63) is 60.2 Å². The average Bonchev–Trinajstić information content (AvgIpc) is 2.59. The fourth-order valence-electron chi connectivity index (χ4n) is 1.97. The van der Waals surface area contributed by atoms with Crippen LogP contribution in [0.25, 0.3) is 0 Å². The number of rotatable bonds is 8. The van der Waals surface area contributed by atoms with Gasteiger partial charge in [0.2, 0.25) is 0 Å². The Bertz CT molecular complexity index is 585. The lowest BCUT2D eigenvalue weighted by Gasteiger charge is -2.09. The summed E-state index contributed by atoms with van der Waals surface area (Å²) in [6.07, 6.45) is 0.788. The molecule has 5 heteroatoms. The smallest absolute Gasteiger partial charge is 0.319 e. The molecule has 0 unspecified atom stereocenters. The van der Waals surface area contributed by atoms with Crippen LogP contribution in [0.4, 0.5) is 10.5 Å². The van der Waals surface area contributed by atoms with E-state index in [-0.39, 0.29) is 6.03 Å². The number of methoxy groups -OCH3 is 1. The van der Waals surface area contributed by atoms with E-state index in [9.17, 15) is 4.79 Å². The van der Waals surface area contributed by atoms with E-state index in [4.69, 9.17) is 9.47 Å². The third-order valence-corrected chi connectivity index (χ3v) is 3.17. The standard InChI is InChI=1S/C18H22N2O3/c1-22-13-5-12-19-18(21)20-16-8-10-17(11-9-16)23-14-15-6-3-2-4-7-15/h2-4,6-11H,5,12-14H2,1H3,(H2,19,20,21). The third-order valence-electron chi connectivity index (χ3n) is 3.17. The first-order chi connectivity index (χ1) is 11.3. The van der Waals surface area contributed by atoms with Gasteiger partial charge in [0.25, 0.3) is 0 Å². The van der Waals surface area contributed by atoms with Crippen LogP contribution in [0.3, 0.4) is 0 Å². The maximum Gasteiger partial charge on any atom is 0.319 e. The molecule has 2 aromatic carbocycles. The van der Waals surface area contributed by atoms with Crippen molar-refractivity contribution in [2.24, 2.45) is 0 Å². The van der Waals surface area contributed by atoms with Crippen molar-refractivity contribution >= 4 is 11.7 Å². The lowest BCUT2D eigenvalue weighted by atomic mass is 10.2. The number of ether oxygens (including phenoxy) is 2. The molecule has 0 radical (unpaired) electrons. The molecular weight excluding hydrogens is 292 g/mol. The predicted molar refractivity (Wildman–Crippen MR) is 90.7 cm³/mol. The normalized spacial score (nSPS) is 10.1.